The van der Waals surface area contributed by atoms with E-state index in [9.17, 15) is 9.59 Å². The van der Waals surface area contributed by atoms with Crippen LogP contribution in [0.15, 0.2) is 42.5 Å². The number of Topliss-reactive ketones (excluding diaryl/α,β-unsaturated/α-hetero) is 1. The highest BCUT2D eigenvalue weighted by Gasteiger charge is 2.15. The van der Waals surface area contributed by atoms with Crippen molar-refractivity contribution in [3.8, 4) is 23.0 Å². The monoisotopic (exact) mass is 384 g/mol. The van der Waals surface area contributed by atoms with E-state index in [1.165, 1.54) is 13.2 Å². The lowest BCUT2D eigenvalue weighted by molar-refractivity contribution is -0.136. The average Bonchev–Trinajstić information content (AvgIpc) is 2.75. The molecule has 2 aromatic carbocycles. The van der Waals surface area contributed by atoms with E-state index in [4.69, 9.17) is 23.7 Å². The fourth-order valence-corrected chi connectivity index (χ4v) is 2.61. The largest absolute Gasteiger partial charge is 0.493 e. The van der Waals surface area contributed by atoms with Crippen LogP contribution in [0.25, 0.3) is 6.08 Å². The Morgan fingerprint density at radius 3 is 2.46 bits per heavy atom. The van der Waals surface area contributed by atoms with E-state index in [1.54, 1.807) is 49.6 Å². The van der Waals surface area contributed by atoms with Gasteiger partial charge in [0.15, 0.2) is 35.4 Å². The Morgan fingerprint density at radius 1 is 0.964 bits per heavy atom. The van der Waals surface area contributed by atoms with Crippen molar-refractivity contribution in [2.45, 2.75) is 0 Å². The third-order valence-corrected chi connectivity index (χ3v) is 4.03. The number of carbonyl (C=O) groups excluding carboxylic acids is 2. The van der Waals surface area contributed by atoms with Crippen LogP contribution in [-0.2, 0) is 9.53 Å². The van der Waals surface area contributed by atoms with Crippen molar-refractivity contribution in [3.05, 3.63) is 53.6 Å². The van der Waals surface area contributed by atoms with Crippen molar-refractivity contribution in [2.75, 3.05) is 34.0 Å². The molecule has 0 saturated heterocycles. The smallest absolute Gasteiger partial charge is 0.331 e. The van der Waals surface area contributed by atoms with Gasteiger partial charge >= 0.3 is 5.97 Å². The second-order valence-electron chi connectivity index (χ2n) is 5.84. The molecule has 1 heterocycles. The van der Waals surface area contributed by atoms with Gasteiger partial charge in [0.2, 0.25) is 0 Å². The van der Waals surface area contributed by atoms with Crippen molar-refractivity contribution < 1.29 is 33.3 Å². The van der Waals surface area contributed by atoms with Gasteiger partial charge in [-0.1, -0.05) is 6.07 Å². The summed E-state index contributed by atoms with van der Waals surface area (Å²) in [7, 11) is 3.08. The number of hydrogen-bond acceptors (Lipinski definition) is 7. The zero-order valence-corrected chi connectivity index (χ0v) is 15.6. The summed E-state index contributed by atoms with van der Waals surface area (Å²) in [5.41, 5.74) is 1.12. The second kappa shape index (κ2) is 8.94. The van der Waals surface area contributed by atoms with Gasteiger partial charge in [-0.2, -0.15) is 0 Å². The average molecular weight is 384 g/mol. The number of rotatable bonds is 7. The first-order chi connectivity index (χ1) is 13.6. The first kappa shape index (κ1) is 19.3. The molecule has 0 amide bonds. The summed E-state index contributed by atoms with van der Waals surface area (Å²) >= 11 is 0. The predicted molar refractivity (Wildman–Crippen MR) is 101 cm³/mol. The lowest BCUT2D eigenvalue weighted by atomic mass is 10.1. The summed E-state index contributed by atoms with van der Waals surface area (Å²) in [4.78, 5) is 24.1. The van der Waals surface area contributed by atoms with Crippen LogP contribution < -0.4 is 18.9 Å². The predicted octanol–water partition coefficient (Wildman–Crippen LogP) is 2.91. The molecule has 7 heteroatoms. The third-order valence-electron chi connectivity index (χ3n) is 4.03. The minimum atomic E-state index is -0.624. The number of ketones is 1. The Labute approximate surface area is 162 Å². The summed E-state index contributed by atoms with van der Waals surface area (Å²) in [5, 5.41) is 0. The van der Waals surface area contributed by atoms with Crippen LogP contribution in [0.1, 0.15) is 15.9 Å². The molecule has 0 fully saturated rings. The van der Waals surface area contributed by atoms with Gasteiger partial charge in [-0.25, -0.2) is 4.79 Å². The lowest BCUT2D eigenvalue weighted by Gasteiger charge is -2.18. The molecule has 7 nitrogen and oxygen atoms in total. The van der Waals surface area contributed by atoms with Crippen LogP contribution in [-0.4, -0.2) is 45.8 Å². The van der Waals surface area contributed by atoms with Gasteiger partial charge in [-0.3, -0.25) is 4.79 Å². The standard InChI is InChI=1S/C21H20O7/c1-24-17-6-3-14(11-19(17)25-2)4-8-21(23)28-13-16(22)15-5-7-18-20(12-15)27-10-9-26-18/h3-8,11-12H,9-10,13H2,1-2H3/b8-4+. The van der Waals surface area contributed by atoms with Gasteiger partial charge in [0, 0.05) is 11.6 Å². The van der Waals surface area contributed by atoms with E-state index >= 15 is 0 Å². The Morgan fingerprint density at radius 2 is 1.71 bits per heavy atom. The van der Waals surface area contributed by atoms with Crippen molar-refractivity contribution in [3.63, 3.8) is 0 Å². The molecule has 2 aromatic rings. The van der Waals surface area contributed by atoms with Crippen molar-refractivity contribution in [1.82, 2.24) is 0 Å². The summed E-state index contributed by atoms with van der Waals surface area (Å²) in [5.74, 6) is 1.29. The fourth-order valence-electron chi connectivity index (χ4n) is 2.61. The minimum Gasteiger partial charge on any atom is -0.493 e. The maximum Gasteiger partial charge on any atom is 0.331 e. The highest BCUT2D eigenvalue weighted by atomic mass is 16.6. The zero-order chi connectivity index (χ0) is 19.9. The third kappa shape index (κ3) is 4.62. The minimum absolute atomic E-state index is 0.329. The Balaban J connectivity index is 1.56. The summed E-state index contributed by atoms with van der Waals surface area (Å²) in [6, 6.07) is 10.1. The first-order valence-corrected chi connectivity index (χ1v) is 8.60. The van der Waals surface area contributed by atoms with Gasteiger partial charge < -0.3 is 23.7 Å². The molecule has 0 aromatic heterocycles. The SMILES string of the molecule is COc1ccc(/C=C/C(=O)OCC(=O)c2ccc3c(c2)OCCO3)cc1OC. The van der Waals surface area contributed by atoms with Crippen LogP contribution in [0.5, 0.6) is 23.0 Å². The second-order valence-corrected chi connectivity index (χ2v) is 5.84. The van der Waals surface area contributed by atoms with Crippen LogP contribution in [0.4, 0.5) is 0 Å². The summed E-state index contributed by atoms with van der Waals surface area (Å²) in [6.45, 7) is 0.541. The number of benzene rings is 2. The van der Waals surface area contributed by atoms with Crippen LogP contribution in [0, 0.1) is 0 Å². The normalized spacial score (nSPS) is 12.5. The fraction of sp³-hybridized carbons (Fsp3) is 0.238. The molecule has 28 heavy (non-hydrogen) atoms. The molecule has 0 saturated carbocycles. The molecule has 0 aliphatic carbocycles. The molecular weight excluding hydrogens is 364 g/mol. The molecule has 146 valence electrons. The maximum absolute atomic E-state index is 12.2. The molecule has 0 radical (unpaired) electrons. The van der Waals surface area contributed by atoms with E-state index in [0.717, 1.165) is 5.56 Å². The van der Waals surface area contributed by atoms with E-state index in [1.807, 2.05) is 0 Å². The number of methoxy groups -OCH3 is 2. The number of hydrogen-bond donors (Lipinski definition) is 0. The molecule has 0 spiro atoms. The summed E-state index contributed by atoms with van der Waals surface area (Å²) < 4.78 is 26.3. The van der Waals surface area contributed by atoms with Crippen LogP contribution in [0.3, 0.4) is 0 Å². The molecule has 1 aliphatic rings. The summed E-state index contributed by atoms with van der Waals surface area (Å²) in [6.07, 6.45) is 2.82. The van der Waals surface area contributed by atoms with Gasteiger partial charge in [0.05, 0.1) is 14.2 Å². The lowest BCUT2D eigenvalue weighted by Crippen LogP contribution is -2.17. The Bertz CT molecular complexity index is 902. The number of ether oxygens (including phenoxy) is 5. The molecule has 0 atom stereocenters. The van der Waals surface area contributed by atoms with Crippen LogP contribution in [0.2, 0.25) is 0 Å². The van der Waals surface area contributed by atoms with Gasteiger partial charge in [-0.15, -0.1) is 0 Å². The topological polar surface area (TPSA) is 80.3 Å². The Hall–Kier alpha value is -3.48. The quantitative estimate of drug-likeness (QED) is 0.412. The highest BCUT2D eigenvalue weighted by Crippen LogP contribution is 2.31. The molecule has 0 N–H and O–H groups in total. The number of fused-ring (bicyclic) bond motifs is 1. The van der Waals surface area contributed by atoms with Crippen molar-refractivity contribution >= 4 is 17.8 Å². The van der Waals surface area contributed by atoms with E-state index in [-0.39, 0.29) is 12.4 Å². The molecule has 0 unspecified atom stereocenters. The molecule has 3 rings (SSSR count). The van der Waals surface area contributed by atoms with Crippen LogP contribution >= 0.6 is 0 Å². The highest BCUT2D eigenvalue weighted by molar-refractivity contribution is 5.99. The van der Waals surface area contributed by atoms with Gasteiger partial charge in [0.1, 0.15) is 13.2 Å². The van der Waals surface area contributed by atoms with Gasteiger partial charge in [0.25, 0.3) is 0 Å². The van der Waals surface area contributed by atoms with Gasteiger partial charge in [-0.05, 0) is 42.0 Å². The first-order valence-electron chi connectivity index (χ1n) is 8.60. The van der Waals surface area contributed by atoms with Crippen molar-refractivity contribution in [1.29, 1.82) is 0 Å². The van der Waals surface area contributed by atoms with E-state index in [2.05, 4.69) is 0 Å². The van der Waals surface area contributed by atoms with E-state index < -0.39 is 5.97 Å². The zero-order valence-electron chi connectivity index (χ0n) is 15.6. The Kier molecular flexibility index (Phi) is 6.16. The number of carbonyl (C=O) groups is 2. The molecule has 1 aliphatic heterocycles. The molecule has 0 bridgehead atoms. The number of esters is 1. The van der Waals surface area contributed by atoms with E-state index in [0.29, 0.717) is 41.8 Å². The van der Waals surface area contributed by atoms with Crippen molar-refractivity contribution in [2.24, 2.45) is 0 Å². The maximum atomic E-state index is 12.2. The molecular formula is C21H20O7.